The minimum absolute atomic E-state index is 0.596. The number of aromatic nitrogens is 4. The molecule has 0 aliphatic rings. The Balaban J connectivity index is 1.00. The maximum atomic E-state index is 6.55. The molecular weight excluding hydrogens is 789 g/mol. The number of hydrogen-bond donors (Lipinski definition) is 0. The van der Waals surface area contributed by atoms with E-state index in [1.165, 1.54) is 47.6 Å². The van der Waals surface area contributed by atoms with Crippen LogP contribution in [0.25, 0.3) is 126 Å². The van der Waals surface area contributed by atoms with E-state index >= 15 is 0 Å². The van der Waals surface area contributed by atoms with Gasteiger partial charge in [0.05, 0.1) is 11.0 Å². The summed E-state index contributed by atoms with van der Waals surface area (Å²) < 4.78 is 11.5. The molecule has 0 fully saturated rings. The van der Waals surface area contributed by atoms with E-state index in [-0.39, 0.29) is 0 Å². The highest BCUT2D eigenvalue weighted by molar-refractivity contribution is 7.25. The van der Waals surface area contributed by atoms with Gasteiger partial charge in [0.1, 0.15) is 11.2 Å². The Hall–Kier alpha value is -8.19. The van der Waals surface area contributed by atoms with Gasteiger partial charge < -0.3 is 8.98 Å². The van der Waals surface area contributed by atoms with Crippen LogP contribution in [0.5, 0.6) is 0 Å². The van der Waals surface area contributed by atoms with Crippen molar-refractivity contribution in [3.63, 3.8) is 0 Å². The highest BCUT2D eigenvalue weighted by Crippen LogP contribution is 2.44. The first-order valence-corrected chi connectivity index (χ1v) is 21.9. The highest BCUT2D eigenvalue weighted by atomic mass is 32.1. The van der Waals surface area contributed by atoms with Gasteiger partial charge in [-0.2, -0.15) is 0 Å². The number of furan rings is 1. The summed E-state index contributed by atoms with van der Waals surface area (Å²) in [6.45, 7) is 0. The lowest BCUT2D eigenvalue weighted by molar-refractivity contribution is 0.669. The number of thiophene rings is 1. The van der Waals surface area contributed by atoms with Crippen molar-refractivity contribution in [1.82, 2.24) is 19.5 Å². The Morgan fingerprint density at radius 2 is 0.905 bits per heavy atom. The summed E-state index contributed by atoms with van der Waals surface area (Å²) in [5.74, 6) is 1.84. The number of para-hydroxylation sites is 1. The van der Waals surface area contributed by atoms with Gasteiger partial charge in [-0.3, -0.25) is 0 Å². The predicted molar refractivity (Wildman–Crippen MR) is 262 cm³/mol. The van der Waals surface area contributed by atoms with E-state index < -0.39 is 0 Å². The van der Waals surface area contributed by atoms with Gasteiger partial charge in [-0.15, -0.1) is 11.3 Å². The molecule has 0 radical (unpaired) electrons. The van der Waals surface area contributed by atoms with E-state index in [9.17, 15) is 0 Å². The summed E-state index contributed by atoms with van der Waals surface area (Å²) in [6, 6.07) is 72.8. The summed E-state index contributed by atoms with van der Waals surface area (Å²) in [6.07, 6.45) is 0. The second-order valence-electron chi connectivity index (χ2n) is 15.9. The van der Waals surface area contributed by atoms with Crippen molar-refractivity contribution in [3.05, 3.63) is 206 Å². The summed E-state index contributed by atoms with van der Waals surface area (Å²) in [7, 11) is 0. The molecule has 0 aliphatic carbocycles. The van der Waals surface area contributed by atoms with Gasteiger partial charge in [-0.1, -0.05) is 140 Å². The normalized spacial score (nSPS) is 11.8. The van der Waals surface area contributed by atoms with Crippen LogP contribution in [-0.2, 0) is 0 Å². The molecule has 4 aromatic heterocycles. The third-order valence-corrected chi connectivity index (χ3v) is 13.4. The van der Waals surface area contributed by atoms with Crippen LogP contribution in [0.4, 0.5) is 0 Å². The first kappa shape index (κ1) is 35.6. The molecule has 13 aromatic rings. The minimum atomic E-state index is 0.596. The van der Waals surface area contributed by atoms with E-state index in [1.54, 1.807) is 0 Å². The molecule has 13 rings (SSSR count). The molecule has 4 heterocycles. The van der Waals surface area contributed by atoms with E-state index in [2.05, 4.69) is 138 Å². The molecule has 5 nitrogen and oxygen atoms in total. The monoisotopic (exact) mass is 822 g/mol. The van der Waals surface area contributed by atoms with Gasteiger partial charge >= 0.3 is 0 Å². The second kappa shape index (κ2) is 14.2. The van der Waals surface area contributed by atoms with Gasteiger partial charge in [0.15, 0.2) is 17.5 Å². The molecule has 63 heavy (non-hydrogen) atoms. The van der Waals surface area contributed by atoms with Gasteiger partial charge in [0.25, 0.3) is 0 Å². The molecule has 6 heteroatoms. The summed E-state index contributed by atoms with van der Waals surface area (Å²) >= 11 is 1.86. The van der Waals surface area contributed by atoms with E-state index in [4.69, 9.17) is 19.4 Å². The zero-order chi connectivity index (χ0) is 41.4. The average Bonchev–Trinajstić information content (AvgIpc) is 4.03. The van der Waals surface area contributed by atoms with Crippen LogP contribution in [0.15, 0.2) is 211 Å². The lowest BCUT2D eigenvalue weighted by Crippen LogP contribution is -2.00. The first-order valence-electron chi connectivity index (χ1n) is 21.1. The molecule has 0 aliphatic heterocycles. The molecule has 0 N–H and O–H groups in total. The molecule has 0 bridgehead atoms. The number of rotatable bonds is 6. The van der Waals surface area contributed by atoms with Crippen LogP contribution in [-0.4, -0.2) is 19.5 Å². The van der Waals surface area contributed by atoms with Gasteiger partial charge in [-0.05, 0) is 89.0 Å². The Labute approximate surface area is 365 Å². The third kappa shape index (κ3) is 5.80. The Bertz CT molecular complexity index is 3850. The van der Waals surface area contributed by atoms with Crippen molar-refractivity contribution in [2.24, 2.45) is 0 Å². The van der Waals surface area contributed by atoms with E-state index in [0.29, 0.717) is 17.5 Å². The quantitative estimate of drug-likeness (QED) is 0.168. The van der Waals surface area contributed by atoms with Crippen LogP contribution >= 0.6 is 11.3 Å². The van der Waals surface area contributed by atoms with Crippen LogP contribution < -0.4 is 0 Å². The maximum absolute atomic E-state index is 6.55. The molecule has 294 valence electrons. The maximum Gasteiger partial charge on any atom is 0.164 e. The average molecular weight is 823 g/mol. The fourth-order valence-electron chi connectivity index (χ4n) is 9.36. The summed E-state index contributed by atoms with van der Waals surface area (Å²) in [4.78, 5) is 15.1. The fraction of sp³-hybridized carbons (Fsp3) is 0. The van der Waals surface area contributed by atoms with Crippen LogP contribution in [0.1, 0.15) is 0 Å². The first-order chi connectivity index (χ1) is 31.2. The van der Waals surface area contributed by atoms with Crippen LogP contribution in [0.3, 0.4) is 0 Å². The lowest BCUT2D eigenvalue weighted by atomic mass is 9.97. The zero-order valence-electron chi connectivity index (χ0n) is 33.7. The van der Waals surface area contributed by atoms with Gasteiger partial charge in [0, 0.05) is 64.1 Å². The lowest BCUT2D eigenvalue weighted by Gasteiger charge is -2.09. The molecule has 9 aromatic carbocycles. The molecule has 0 amide bonds. The summed E-state index contributed by atoms with van der Waals surface area (Å²) in [5, 5.41) is 7.00. The van der Waals surface area contributed by atoms with Gasteiger partial charge in [-0.25, -0.2) is 15.0 Å². The fourth-order valence-corrected chi connectivity index (χ4v) is 10.5. The topological polar surface area (TPSA) is 56.7 Å². The largest absolute Gasteiger partial charge is 0.456 e. The highest BCUT2D eigenvalue weighted by Gasteiger charge is 2.20. The van der Waals surface area contributed by atoms with Crippen molar-refractivity contribution in [1.29, 1.82) is 0 Å². The summed E-state index contributed by atoms with van der Waals surface area (Å²) in [5.41, 5.74) is 12.5. The predicted octanol–water partition coefficient (Wildman–Crippen LogP) is 15.6. The van der Waals surface area contributed by atoms with Crippen molar-refractivity contribution < 1.29 is 4.42 Å². The molecular formula is C57H34N4OS. The number of hydrogen-bond acceptors (Lipinski definition) is 5. The van der Waals surface area contributed by atoms with Crippen LogP contribution in [0, 0.1) is 0 Å². The van der Waals surface area contributed by atoms with Gasteiger partial charge in [0.2, 0.25) is 0 Å². The van der Waals surface area contributed by atoms with Crippen LogP contribution in [0.2, 0.25) is 0 Å². The van der Waals surface area contributed by atoms with Crippen molar-refractivity contribution >= 4 is 75.3 Å². The van der Waals surface area contributed by atoms with Crippen molar-refractivity contribution in [3.8, 4) is 62.1 Å². The van der Waals surface area contributed by atoms with E-state index in [1.807, 2.05) is 84.1 Å². The SMILES string of the molecule is c1ccc(-c2nc(-c3ccccc3)nc(-c3cccc4oc5ccc(-c6ccc7c(c6)c6cc(-c8cccc9sc%10ccccc%10c89)ccc6n7-c6ccccc6)cc5c34)n2)cc1. The number of benzene rings is 9. The molecule has 0 atom stereocenters. The third-order valence-electron chi connectivity index (χ3n) is 12.3. The number of fused-ring (bicyclic) bond motifs is 9. The Morgan fingerprint density at radius 3 is 1.63 bits per heavy atom. The molecule has 0 saturated heterocycles. The zero-order valence-corrected chi connectivity index (χ0v) is 34.6. The van der Waals surface area contributed by atoms with Crippen molar-refractivity contribution in [2.45, 2.75) is 0 Å². The standard InChI is InChI=1S/C57H34N4OS/c1-4-14-35(15-5-1)55-58-56(36-16-6-2-7-17-36)60-57(59-55)43-22-12-23-50-53(43)46-33-38(28-31-49(46)62-50)37-26-29-47-44(32-37)45-34-39(27-30-48(45)61(47)40-18-8-3-9-19-40)41-21-13-25-52-54(41)42-20-10-11-24-51(42)63-52/h1-34H. The Morgan fingerprint density at radius 1 is 0.349 bits per heavy atom. The second-order valence-corrected chi connectivity index (χ2v) is 17.0. The molecule has 0 unspecified atom stereocenters. The molecule has 0 saturated carbocycles. The number of nitrogens with zero attached hydrogens (tertiary/aromatic N) is 4. The Kier molecular flexibility index (Phi) is 8.01. The van der Waals surface area contributed by atoms with Crippen molar-refractivity contribution in [2.75, 3.05) is 0 Å². The molecule has 0 spiro atoms. The smallest absolute Gasteiger partial charge is 0.164 e. The minimum Gasteiger partial charge on any atom is -0.456 e. The van der Waals surface area contributed by atoms with E-state index in [0.717, 1.165) is 61.0 Å².